The van der Waals surface area contributed by atoms with Crippen LogP contribution in [0.4, 0.5) is 0 Å². The van der Waals surface area contributed by atoms with E-state index in [0.29, 0.717) is 0 Å². The highest BCUT2D eigenvalue weighted by molar-refractivity contribution is 4.55. The fourth-order valence-corrected chi connectivity index (χ4v) is 4.10. The lowest BCUT2D eigenvalue weighted by Gasteiger charge is -2.36. The molecule has 1 saturated heterocycles. The van der Waals surface area contributed by atoms with E-state index in [1.54, 1.807) is 0 Å². The quantitative estimate of drug-likeness (QED) is 0.163. The molecule has 22 heavy (non-hydrogen) atoms. The third-order valence-electron chi connectivity index (χ3n) is 6.21. The fraction of sp³-hybridized carbons (Fsp3) is 1.00. The van der Waals surface area contributed by atoms with E-state index in [-0.39, 0.29) is 48.0 Å². The maximum Gasteiger partial charge on any atom is 0.0788 e. The van der Waals surface area contributed by atoms with Crippen molar-refractivity contribution in [3.05, 3.63) is 0 Å². The van der Waals surface area contributed by atoms with Gasteiger partial charge in [0.05, 0.1) is 52.4 Å². The number of halogens is 2. The molecule has 0 saturated carbocycles. The first-order chi connectivity index (χ1) is 9.66. The van der Waals surface area contributed by atoms with Gasteiger partial charge < -0.3 is 56.9 Å². The van der Waals surface area contributed by atoms with Gasteiger partial charge in [-0.05, 0) is 53.4 Å². The van der Waals surface area contributed by atoms with Crippen LogP contribution in [0.3, 0.4) is 0 Å². The number of nitrogens with zero attached hydrogens (tertiary/aromatic N) is 2. The number of hydrogen-bond acceptors (Lipinski definition) is 0. The number of quaternary nitrogens is 2. The molecule has 1 aliphatic heterocycles. The predicted octanol–water partition coefficient (Wildman–Crippen LogP) is -1.94. The molecule has 136 valence electrons. The molecule has 1 fully saturated rings. The highest BCUT2D eigenvalue weighted by Gasteiger charge is 2.29. The number of hydrogen-bond donors (Lipinski definition) is 0. The van der Waals surface area contributed by atoms with Crippen LogP contribution in [0.15, 0.2) is 0 Å². The molecular weight excluding hydrogens is 498 g/mol. The largest absolute Gasteiger partial charge is 1.00 e. The first-order valence-corrected chi connectivity index (χ1v) is 9.36. The Bertz CT molecular complexity index is 229. The van der Waals surface area contributed by atoms with Crippen molar-refractivity contribution in [2.24, 2.45) is 0 Å². The Morgan fingerprint density at radius 1 is 0.727 bits per heavy atom. The normalized spacial score (nSPS) is 16.9. The zero-order valence-electron chi connectivity index (χ0n) is 15.5. The molecule has 1 rings (SSSR count). The zero-order chi connectivity index (χ0) is 14.9. The molecule has 0 bridgehead atoms. The Morgan fingerprint density at radius 3 is 1.68 bits per heavy atom. The van der Waals surface area contributed by atoms with Crippen molar-refractivity contribution < 1.29 is 56.9 Å². The minimum atomic E-state index is 0. The molecule has 0 spiro atoms. The molecule has 0 amide bonds. The summed E-state index contributed by atoms with van der Waals surface area (Å²) in [6, 6.07) is 0. The lowest BCUT2D eigenvalue weighted by Crippen LogP contribution is -3.00. The topological polar surface area (TPSA) is 0 Å². The molecule has 0 aromatic heterocycles. The Morgan fingerprint density at radius 2 is 1.23 bits per heavy atom. The molecule has 0 aromatic carbocycles. The molecule has 0 radical (unpaired) electrons. The molecule has 1 aliphatic rings. The second kappa shape index (κ2) is 13.6. The van der Waals surface area contributed by atoms with Gasteiger partial charge in [-0.15, -0.1) is 0 Å². The SMILES string of the molecule is CC[N+](CC)(CC)CCCCCC[N+]1(CC)CCCC1.[I-].[I-]. The molecule has 4 heteroatoms. The van der Waals surface area contributed by atoms with E-state index in [1.165, 1.54) is 99.8 Å². The van der Waals surface area contributed by atoms with Gasteiger partial charge in [0.15, 0.2) is 0 Å². The summed E-state index contributed by atoms with van der Waals surface area (Å²) in [7, 11) is 0. The molecule has 2 nitrogen and oxygen atoms in total. The lowest BCUT2D eigenvalue weighted by molar-refractivity contribution is -0.923. The first-order valence-electron chi connectivity index (χ1n) is 9.36. The van der Waals surface area contributed by atoms with Crippen LogP contribution in [0, 0.1) is 0 Å². The first kappa shape index (κ1) is 25.6. The summed E-state index contributed by atoms with van der Waals surface area (Å²) < 4.78 is 2.76. The molecule has 0 aliphatic carbocycles. The van der Waals surface area contributed by atoms with Crippen molar-refractivity contribution >= 4 is 0 Å². The van der Waals surface area contributed by atoms with Crippen molar-refractivity contribution in [1.29, 1.82) is 0 Å². The summed E-state index contributed by atoms with van der Waals surface area (Å²) in [6.07, 6.45) is 8.73. The highest BCUT2D eigenvalue weighted by Crippen LogP contribution is 2.20. The summed E-state index contributed by atoms with van der Waals surface area (Å²) in [5.41, 5.74) is 0. The third-order valence-corrected chi connectivity index (χ3v) is 6.21. The zero-order valence-corrected chi connectivity index (χ0v) is 19.9. The van der Waals surface area contributed by atoms with Gasteiger partial charge in [0, 0.05) is 12.8 Å². The van der Waals surface area contributed by atoms with E-state index in [1.807, 2.05) is 0 Å². The Hall–Kier alpha value is 1.38. The van der Waals surface area contributed by atoms with Crippen LogP contribution in [-0.2, 0) is 0 Å². The van der Waals surface area contributed by atoms with E-state index < -0.39 is 0 Å². The summed E-state index contributed by atoms with van der Waals surface area (Å²) in [5.74, 6) is 0. The molecule has 0 N–H and O–H groups in total. The lowest BCUT2D eigenvalue weighted by atomic mass is 10.1. The van der Waals surface area contributed by atoms with E-state index in [9.17, 15) is 0 Å². The summed E-state index contributed by atoms with van der Waals surface area (Å²) >= 11 is 0. The van der Waals surface area contributed by atoms with Crippen LogP contribution in [-0.4, -0.2) is 61.3 Å². The Labute approximate surface area is 174 Å². The van der Waals surface area contributed by atoms with Gasteiger partial charge in [-0.2, -0.15) is 0 Å². The predicted molar refractivity (Wildman–Crippen MR) is 89.9 cm³/mol. The van der Waals surface area contributed by atoms with Crippen molar-refractivity contribution in [2.75, 3.05) is 52.4 Å². The minimum Gasteiger partial charge on any atom is -1.00 e. The Kier molecular flexibility index (Phi) is 15.9. The van der Waals surface area contributed by atoms with Gasteiger partial charge in [0.2, 0.25) is 0 Å². The molecule has 1 heterocycles. The number of rotatable bonds is 11. The van der Waals surface area contributed by atoms with E-state index >= 15 is 0 Å². The van der Waals surface area contributed by atoms with Crippen molar-refractivity contribution in [2.45, 2.75) is 66.2 Å². The van der Waals surface area contributed by atoms with E-state index in [4.69, 9.17) is 0 Å². The van der Waals surface area contributed by atoms with Crippen LogP contribution < -0.4 is 48.0 Å². The van der Waals surface area contributed by atoms with Gasteiger partial charge in [-0.25, -0.2) is 0 Å². The summed E-state index contributed by atoms with van der Waals surface area (Å²) in [6.45, 7) is 20.5. The molecule has 0 atom stereocenters. The second-order valence-electron chi connectivity index (χ2n) is 6.96. The standard InChI is InChI=1S/C18H40N2.2HI/c1-5-19(6-2,7-3)15-11-9-10-12-16-20(8-4)17-13-14-18-20;;/h5-18H2,1-4H3;2*1H/q+2;;/p-2. The monoisotopic (exact) mass is 538 g/mol. The molecular formula is C18H40I2N2. The van der Waals surface area contributed by atoms with Crippen LogP contribution in [0.5, 0.6) is 0 Å². The minimum absolute atomic E-state index is 0. The van der Waals surface area contributed by atoms with Crippen molar-refractivity contribution in [3.63, 3.8) is 0 Å². The maximum atomic E-state index is 2.39. The number of likely N-dealkylation sites (tertiary alicyclic amines) is 1. The smallest absolute Gasteiger partial charge is 0.0788 e. The van der Waals surface area contributed by atoms with Gasteiger partial charge in [0.1, 0.15) is 0 Å². The Balaban J connectivity index is 0. The number of unbranched alkanes of at least 4 members (excludes halogenated alkanes) is 3. The van der Waals surface area contributed by atoms with Crippen LogP contribution >= 0.6 is 0 Å². The van der Waals surface area contributed by atoms with Gasteiger partial charge in [-0.3, -0.25) is 0 Å². The van der Waals surface area contributed by atoms with Crippen molar-refractivity contribution in [3.8, 4) is 0 Å². The second-order valence-corrected chi connectivity index (χ2v) is 6.96. The molecule has 0 aromatic rings. The molecule has 0 unspecified atom stereocenters. The van der Waals surface area contributed by atoms with Crippen molar-refractivity contribution in [1.82, 2.24) is 0 Å². The third kappa shape index (κ3) is 7.97. The average molecular weight is 538 g/mol. The van der Waals surface area contributed by atoms with E-state index in [0.717, 1.165) is 0 Å². The fourth-order valence-electron chi connectivity index (χ4n) is 4.10. The highest BCUT2D eigenvalue weighted by atomic mass is 127. The van der Waals surface area contributed by atoms with Crippen LogP contribution in [0.25, 0.3) is 0 Å². The summed E-state index contributed by atoms with van der Waals surface area (Å²) in [4.78, 5) is 0. The van der Waals surface area contributed by atoms with Gasteiger partial charge in [-0.1, -0.05) is 0 Å². The van der Waals surface area contributed by atoms with Gasteiger partial charge >= 0.3 is 0 Å². The van der Waals surface area contributed by atoms with Gasteiger partial charge in [0.25, 0.3) is 0 Å². The van der Waals surface area contributed by atoms with E-state index in [2.05, 4.69) is 27.7 Å². The summed E-state index contributed by atoms with van der Waals surface area (Å²) in [5, 5.41) is 0. The maximum absolute atomic E-state index is 2.39. The van der Waals surface area contributed by atoms with Crippen LogP contribution in [0.1, 0.15) is 66.2 Å². The average Bonchev–Trinajstić information content (AvgIpc) is 2.97. The van der Waals surface area contributed by atoms with Crippen LogP contribution in [0.2, 0.25) is 0 Å².